The number of nitrogens with one attached hydrogen (secondary N) is 1. The smallest absolute Gasteiger partial charge is 0.243 e. The predicted octanol–water partition coefficient (Wildman–Crippen LogP) is 3.63. The lowest BCUT2D eigenvalue weighted by Gasteiger charge is -2.09. The Kier molecular flexibility index (Phi) is 5.24. The summed E-state index contributed by atoms with van der Waals surface area (Å²) >= 11 is 0. The van der Waals surface area contributed by atoms with E-state index in [-0.39, 0.29) is 6.54 Å². The normalized spacial score (nSPS) is 11.3. The molecule has 0 spiro atoms. The lowest BCUT2D eigenvalue weighted by Crippen LogP contribution is -2.24. The molecule has 0 amide bonds. The third-order valence-corrected chi connectivity index (χ3v) is 4.84. The van der Waals surface area contributed by atoms with Gasteiger partial charge in [0.15, 0.2) is 0 Å². The Morgan fingerprint density at radius 2 is 1.85 bits per heavy atom. The second kappa shape index (κ2) is 7.59. The van der Waals surface area contributed by atoms with Gasteiger partial charge in [-0.25, -0.2) is 26.9 Å². The maximum absolute atomic E-state index is 13.7. The fourth-order valence-electron chi connectivity index (χ4n) is 2.20. The molecule has 0 aliphatic rings. The van der Waals surface area contributed by atoms with Crippen molar-refractivity contribution in [3.05, 3.63) is 84.1 Å². The molecule has 1 N–H and O–H groups in total. The second-order valence-corrected chi connectivity index (χ2v) is 7.05. The van der Waals surface area contributed by atoms with Crippen molar-refractivity contribution in [3.8, 4) is 11.6 Å². The number of aromatic nitrogens is 1. The van der Waals surface area contributed by atoms with Crippen LogP contribution in [0, 0.1) is 11.6 Å². The van der Waals surface area contributed by atoms with E-state index < -0.39 is 26.6 Å². The molecular formula is C18H14F2N2O3S. The van der Waals surface area contributed by atoms with Crippen LogP contribution in [-0.4, -0.2) is 13.4 Å². The molecule has 134 valence electrons. The molecule has 0 bridgehead atoms. The number of halogens is 2. The van der Waals surface area contributed by atoms with Gasteiger partial charge in [-0.2, -0.15) is 0 Å². The minimum atomic E-state index is -4.12. The van der Waals surface area contributed by atoms with Crippen LogP contribution in [0.25, 0.3) is 0 Å². The van der Waals surface area contributed by atoms with Gasteiger partial charge in [-0.05, 0) is 35.9 Å². The van der Waals surface area contributed by atoms with Crippen molar-refractivity contribution in [3.63, 3.8) is 0 Å². The average molecular weight is 376 g/mol. The van der Waals surface area contributed by atoms with Gasteiger partial charge in [-0.15, -0.1) is 0 Å². The molecule has 0 radical (unpaired) electrons. The SMILES string of the molecule is O=S(=O)(NCc1cccc(Oc2ccccn2)c1)c1ccc(F)cc1F. The van der Waals surface area contributed by atoms with Gasteiger partial charge in [-0.1, -0.05) is 18.2 Å². The fraction of sp³-hybridized carbons (Fsp3) is 0.0556. The van der Waals surface area contributed by atoms with Gasteiger partial charge in [0.1, 0.15) is 22.3 Å². The largest absolute Gasteiger partial charge is 0.439 e. The highest BCUT2D eigenvalue weighted by atomic mass is 32.2. The molecule has 1 aromatic heterocycles. The summed E-state index contributed by atoms with van der Waals surface area (Å²) in [6.07, 6.45) is 1.59. The second-order valence-electron chi connectivity index (χ2n) is 5.32. The number of nitrogens with zero attached hydrogens (tertiary/aromatic N) is 1. The van der Waals surface area contributed by atoms with Gasteiger partial charge < -0.3 is 4.74 Å². The van der Waals surface area contributed by atoms with Crippen LogP contribution in [0.1, 0.15) is 5.56 Å². The Balaban J connectivity index is 1.72. The molecule has 0 aliphatic carbocycles. The van der Waals surface area contributed by atoms with Crippen LogP contribution >= 0.6 is 0 Å². The van der Waals surface area contributed by atoms with Crippen LogP contribution in [-0.2, 0) is 16.6 Å². The first-order valence-corrected chi connectivity index (χ1v) is 9.05. The van der Waals surface area contributed by atoms with Crippen molar-refractivity contribution in [2.45, 2.75) is 11.4 Å². The lowest BCUT2D eigenvalue weighted by molar-refractivity contribution is 0.462. The lowest BCUT2D eigenvalue weighted by atomic mass is 10.2. The fourth-order valence-corrected chi connectivity index (χ4v) is 3.27. The van der Waals surface area contributed by atoms with Crippen LogP contribution in [0.3, 0.4) is 0 Å². The minimum absolute atomic E-state index is 0.0848. The Morgan fingerprint density at radius 3 is 2.58 bits per heavy atom. The highest BCUT2D eigenvalue weighted by Gasteiger charge is 2.19. The predicted molar refractivity (Wildman–Crippen MR) is 91.1 cm³/mol. The average Bonchev–Trinajstić information content (AvgIpc) is 2.61. The van der Waals surface area contributed by atoms with Gasteiger partial charge in [-0.3, -0.25) is 0 Å². The summed E-state index contributed by atoms with van der Waals surface area (Å²) in [5.74, 6) is -1.11. The molecule has 3 aromatic rings. The Morgan fingerprint density at radius 1 is 1.00 bits per heavy atom. The zero-order chi connectivity index (χ0) is 18.6. The number of benzene rings is 2. The van der Waals surface area contributed by atoms with Crippen LogP contribution in [0.4, 0.5) is 8.78 Å². The van der Waals surface area contributed by atoms with Crippen molar-refractivity contribution in [1.29, 1.82) is 0 Å². The van der Waals surface area contributed by atoms with Gasteiger partial charge in [0.25, 0.3) is 0 Å². The van der Waals surface area contributed by atoms with Crippen molar-refractivity contribution in [1.82, 2.24) is 9.71 Å². The first-order valence-electron chi connectivity index (χ1n) is 7.56. The van der Waals surface area contributed by atoms with Gasteiger partial charge in [0.2, 0.25) is 15.9 Å². The Bertz CT molecular complexity index is 1010. The van der Waals surface area contributed by atoms with E-state index in [0.717, 1.165) is 12.1 Å². The summed E-state index contributed by atoms with van der Waals surface area (Å²) in [6.45, 7) is -0.0848. The highest BCUT2D eigenvalue weighted by molar-refractivity contribution is 7.89. The highest BCUT2D eigenvalue weighted by Crippen LogP contribution is 2.21. The topological polar surface area (TPSA) is 68.3 Å². The molecule has 0 atom stereocenters. The van der Waals surface area contributed by atoms with Gasteiger partial charge >= 0.3 is 0 Å². The monoisotopic (exact) mass is 376 g/mol. The summed E-state index contributed by atoms with van der Waals surface area (Å²) in [7, 11) is -4.12. The molecule has 0 saturated heterocycles. The molecule has 1 heterocycles. The van der Waals surface area contributed by atoms with E-state index in [0.29, 0.717) is 23.3 Å². The van der Waals surface area contributed by atoms with E-state index in [9.17, 15) is 17.2 Å². The summed E-state index contributed by atoms with van der Waals surface area (Å²) in [5, 5.41) is 0. The van der Waals surface area contributed by atoms with E-state index in [1.54, 1.807) is 48.7 Å². The molecule has 3 rings (SSSR count). The van der Waals surface area contributed by atoms with Crippen LogP contribution < -0.4 is 9.46 Å². The summed E-state index contributed by atoms with van der Waals surface area (Å²) in [6, 6.07) is 14.2. The summed E-state index contributed by atoms with van der Waals surface area (Å²) in [5.41, 5.74) is 0.601. The van der Waals surface area contributed by atoms with E-state index in [1.165, 1.54) is 0 Å². The molecule has 26 heavy (non-hydrogen) atoms. The molecule has 0 aliphatic heterocycles. The van der Waals surface area contributed by atoms with E-state index in [1.807, 2.05) is 0 Å². The third-order valence-electron chi connectivity index (χ3n) is 3.41. The number of ether oxygens (including phenoxy) is 1. The maximum atomic E-state index is 13.7. The molecule has 0 saturated carbocycles. The first kappa shape index (κ1) is 18.0. The molecule has 2 aromatic carbocycles. The van der Waals surface area contributed by atoms with E-state index in [2.05, 4.69) is 9.71 Å². The quantitative estimate of drug-likeness (QED) is 0.713. The van der Waals surface area contributed by atoms with Crippen molar-refractivity contribution >= 4 is 10.0 Å². The molecule has 8 heteroatoms. The summed E-state index contributed by atoms with van der Waals surface area (Å²) in [4.78, 5) is 3.43. The van der Waals surface area contributed by atoms with E-state index in [4.69, 9.17) is 4.74 Å². The number of sulfonamides is 1. The standard InChI is InChI=1S/C18H14F2N2O3S/c19-14-7-8-17(16(20)11-14)26(23,24)22-12-13-4-3-5-15(10-13)25-18-6-1-2-9-21-18/h1-11,22H,12H2. The Hall–Kier alpha value is -2.84. The number of pyridine rings is 1. The van der Waals surface area contributed by atoms with E-state index >= 15 is 0 Å². The van der Waals surface area contributed by atoms with Crippen molar-refractivity contribution < 1.29 is 21.9 Å². The maximum Gasteiger partial charge on any atom is 0.243 e. The van der Waals surface area contributed by atoms with Gasteiger partial charge in [0.05, 0.1) is 0 Å². The van der Waals surface area contributed by atoms with Gasteiger partial charge in [0, 0.05) is 24.9 Å². The number of hydrogen-bond donors (Lipinski definition) is 1. The number of rotatable bonds is 6. The van der Waals surface area contributed by atoms with Crippen LogP contribution in [0.15, 0.2) is 71.8 Å². The van der Waals surface area contributed by atoms with Crippen LogP contribution in [0.2, 0.25) is 0 Å². The third kappa shape index (κ3) is 4.41. The zero-order valence-electron chi connectivity index (χ0n) is 13.4. The minimum Gasteiger partial charge on any atom is -0.439 e. The molecule has 0 unspecified atom stereocenters. The Labute approximate surface area is 149 Å². The number of hydrogen-bond acceptors (Lipinski definition) is 4. The molecule has 5 nitrogen and oxygen atoms in total. The van der Waals surface area contributed by atoms with Crippen molar-refractivity contribution in [2.75, 3.05) is 0 Å². The summed E-state index contributed by atoms with van der Waals surface area (Å²) < 4.78 is 58.9. The molecular weight excluding hydrogens is 362 g/mol. The van der Waals surface area contributed by atoms with Crippen molar-refractivity contribution in [2.24, 2.45) is 0 Å². The first-order chi connectivity index (χ1) is 12.4. The molecule has 0 fully saturated rings. The van der Waals surface area contributed by atoms with Crippen LogP contribution in [0.5, 0.6) is 11.6 Å². The zero-order valence-corrected chi connectivity index (χ0v) is 14.2.